The Kier molecular flexibility index (Phi) is 6.09. The number of ketones is 1. The number of fused-ring (bicyclic) bond motifs is 3. The summed E-state index contributed by atoms with van der Waals surface area (Å²) in [6.45, 7) is 6.99. The average molecular weight is 434 g/mol. The number of allylic oxidation sites excluding steroid dienone is 2. The molecular formula is C27H31NO4. The van der Waals surface area contributed by atoms with E-state index in [1.165, 1.54) is 5.56 Å². The van der Waals surface area contributed by atoms with Crippen molar-refractivity contribution in [2.45, 2.75) is 58.6 Å². The SMILES string of the molecule is COc1cc2c(c3c1CC[C@@](C)(CC(=O)C=C(C)C)O3)CN(CCc1ccccc1)C2=O. The fourth-order valence-corrected chi connectivity index (χ4v) is 4.69. The van der Waals surface area contributed by atoms with E-state index in [1.54, 1.807) is 13.2 Å². The standard InChI is InChI=1S/C27H31NO4/c1-18(2)14-20(29)16-27(3)12-10-21-24(31-4)15-22-23(25(21)32-27)17-28(26(22)30)13-11-19-8-6-5-7-9-19/h5-9,14-15H,10-13,16-17H2,1-4H3/t27-/m0/s1. The summed E-state index contributed by atoms with van der Waals surface area (Å²) in [6, 6.07) is 12.0. The molecule has 5 nitrogen and oxygen atoms in total. The molecule has 5 heteroatoms. The fourth-order valence-electron chi connectivity index (χ4n) is 4.69. The van der Waals surface area contributed by atoms with E-state index in [0.717, 1.165) is 41.7 Å². The lowest BCUT2D eigenvalue weighted by atomic mass is 9.86. The van der Waals surface area contributed by atoms with Gasteiger partial charge in [0.25, 0.3) is 5.91 Å². The number of carbonyl (C=O) groups excluding carboxylic acids is 2. The normalized spacial score (nSPS) is 19.1. The van der Waals surface area contributed by atoms with E-state index in [2.05, 4.69) is 12.1 Å². The van der Waals surface area contributed by atoms with Gasteiger partial charge in [-0.15, -0.1) is 0 Å². The highest BCUT2D eigenvalue weighted by molar-refractivity contribution is 6.00. The molecule has 0 aromatic heterocycles. The molecule has 4 rings (SSSR count). The van der Waals surface area contributed by atoms with E-state index in [1.807, 2.05) is 49.9 Å². The molecule has 1 amide bonds. The van der Waals surface area contributed by atoms with Crippen LogP contribution < -0.4 is 9.47 Å². The summed E-state index contributed by atoms with van der Waals surface area (Å²) in [6.07, 6.45) is 4.27. The van der Waals surface area contributed by atoms with Crippen molar-refractivity contribution in [3.8, 4) is 11.5 Å². The molecule has 2 aromatic carbocycles. The maximum Gasteiger partial charge on any atom is 0.254 e. The molecule has 2 aromatic rings. The molecule has 0 unspecified atom stereocenters. The minimum atomic E-state index is -0.601. The van der Waals surface area contributed by atoms with Crippen LogP contribution >= 0.6 is 0 Å². The number of amides is 1. The van der Waals surface area contributed by atoms with Crippen LogP contribution in [0.3, 0.4) is 0 Å². The van der Waals surface area contributed by atoms with Crippen LogP contribution in [-0.4, -0.2) is 35.8 Å². The second-order valence-corrected chi connectivity index (χ2v) is 9.29. The highest BCUT2D eigenvalue weighted by Gasteiger charge is 2.40. The predicted molar refractivity (Wildman–Crippen MR) is 124 cm³/mol. The summed E-state index contributed by atoms with van der Waals surface area (Å²) in [5, 5.41) is 0. The van der Waals surface area contributed by atoms with Crippen molar-refractivity contribution in [2.75, 3.05) is 13.7 Å². The first-order chi connectivity index (χ1) is 15.3. The van der Waals surface area contributed by atoms with Crippen molar-refractivity contribution in [2.24, 2.45) is 0 Å². The number of hydrogen-bond donors (Lipinski definition) is 0. The molecule has 0 N–H and O–H groups in total. The Balaban J connectivity index is 1.60. The first-order valence-electron chi connectivity index (χ1n) is 11.2. The topological polar surface area (TPSA) is 55.8 Å². The summed E-state index contributed by atoms with van der Waals surface area (Å²) in [5.74, 6) is 1.49. The van der Waals surface area contributed by atoms with Crippen LogP contribution in [0.5, 0.6) is 11.5 Å². The smallest absolute Gasteiger partial charge is 0.254 e. The second-order valence-electron chi connectivity index (χ2n) is 9.29. The third kappa shape index (κ3) is 4.43. The van der Waals surface area contributed by atoms with Gasteiger partial charge < -0.3 is 14.4 Å². The van der Waals surface area contributed by atoms with Gasteiger partial charge in [0.2, 0.25) is 0 Å². The predicted octanol–water partition coefficient (Wildman–Crippen LogP) is 4.90. The molecular weight excluding hydrogens is 402 g/mol. The lowest BCUT2D eigenvalue weighted by Crippen LogP contribution is -2.39. The molecule has 0 bridgehead atoms. The first-order valence-corrected chi connectivity index (χ1v) is 11.2. The van der Waals surface area contributed by atoms with Crippen LogP contribution in [0.1, 0.15) is 60.7 Å². The number of rotatable bonds is 7. The highest BCUT2D eigenvalue weighted by Crippen LogP contribution is 2.46. The second kappa shape index (κ2) is 8.81. The van der Waals surface area contributed by atoms with Crippen LogP contribution in [-0.2, 0) is 24.2 Å². The van der Waals surface area contributed by atoms with Gasteiger partial charge in [0, 0.05) is 24.1 Å². The molecule has 2 heterocycles. The Labute approximate surface area is 190 Å². The number of methoxy groups -OCH3 is 1. The minimum Gasteiger partial charge on any atom is -0.496 e. The van der Waals surface area contributed by atoms with Gasteiger partial charge in [-0.05, 0) is 57.7 Å². The summed E-state index contributed by atoms with van der Waals surface area (Å²) in [4.78, 5) is 27.5. The minimum absolute atomic E-state index is 0.00789. The first kappa shape index (κ1) is 22.1. The Morgan fingerprint density at radius 3 is 2.66 bits per heavy atom. The largest absolute Gasteiger partial charge is 0.496 e. The monoisotopic (exact) mass is 433 g/mol. The van der Waals surface area contributed by atoms with Crippen LogP contribution in [0.15, 0.2) is 48.0 Å². The van der Waals surface area contributed by atoms with Crippen molar-refractivity contribution in [3.05, 3.63) is 70.3 Å². The average Bonchev–Trinajstić information content (AvgIpc) is 3.07. The quantitative estimate of drug-likeness (QED) is 0.583. The number of nitrogens with zero attached hydrogens (tertiary/aromatic N) is 1. The highest BCUT2D eigenvalue weighted by atomic mass is 16.5. The zero-order valence-corrected chi connectivity index (χ0v) is 19.4. The van der Waals surface area contributed by atoms with E-state index in [0.29, 0.717) is 30.8 Å². The lowest BCUT2D eigenvalue weighted by molar-refractivity contribution is -0.118. The fraction of sp³-hybridized carbons (Fsp3) is 0.407. The molecule has 0 spiro atoms. The van der Waals surface area contributed by atoms with E-state index in [-0.39, 0.29) is 11.7 Å². The summed E-state index contributed by atoms with van der Waals surface area (Å²) in [7, 11) is 1.63. The maximum atomic E-state index is 13.2. The number of hydrogen-bond acceptors (Lipinski definition) is 4. The Bertz CT molecular complexity index is 1070. The Morgan fingerprint density at radius 1 is 1.22 bits per heavy atom. The van der Waals surface area contributed by atoms with Gasteiger partial charge >= 0.3 is 0 Å². The van der Waals surface area contributed by atoms with Gasteiger partial charge in [-0.3, -0.25) is 9.59 Å². The van der Waals surface area contributed by atoms with Gasteiger partial charge in [-0.1, -0.05) is 35.9 Å². The van der Waals surface area contributed by atoms with Crippen LogP contribution in [0, 0.1) is 0 Å². The van der Waals surface area contributed by atoms with E-state index in [4.69, 9.17) is 9.47 Å². The summed E-state index contributed by atoms with van der Waals surface area (Å²) in [5.41, 5.74) is 4.15. The van der Waals surface area contributed by atoms with Crippen molar-refractivity contribution >= 4 is 11.7 Å². The molecule has 1 atom stereocenters. The van der Waals surface area contributed by atoms with Gasteiger partial charge in [0.1, 0.15) is 17.1 Å². The number of ether oxygens (including phenoxy) is 2. The van der Waals surface area contributed by atoms with Crippen molar-refractivity contribution in [3.63, 3.8) is 0 Å². The molecule has 2 aliphatic heterocycles. The van der Waals surface area contributed by atoms with Gasteiger partial charge in [-0.2, -0.15) is 0 Å². The van der Waals surface area contributed by atoms with E-state index < -0.39 is 5.60 Å². The molecule has 168 valence electrons. The van der Waals surface area contributed by atoms with Crippen molar-refractivity contribution < 1.29 is 19.1 Å². The molecule has 2 aliphatic rings. The Morgan fingerprint density at radius 2 is 1.97 bits per heavy atom. The van der Waals surface area contributed by atoms with Crippen molar-refractivity contribution in [1.29, 1.82) is 0 Å². The van der Waals surface area contributed by atoms with E-state index in [9.17, 15) is 9.59 Å². The van der Waals surface area contributed by atoms with Crippen molar-refractivity contribution in [1.82, 2.24) is 4.90 Å². The summed E-state index contributed by atoms with van der Waals surface area (Å²) < 4.78 is 12.1. The summed E-state index contributed by atoms with van der Waals surface area (Å²) >= 11 is 0. The van der Waals surface area contributed by atoms with Crippen LogP contribution in [0.2, 0.25) is 0 Å². The van der Waals surface area contributed by atoms with Gasteiger partial charge in [-0.25, -0.2) is 0 Å². The van der Waals surface area contributed by atoms with Crippen LogP contribution in [0.4, 0.5) is 0 Å². The molecule has 0 fully saturated rings. The van der Waals surface area contributed by atoms with Gasteiger partial charge in [0.15, 0.2) is 5.78 Å². The van der Waals surface area contributed by atoms with Crippen LogP contribution in [0.25, 0.3) is 0 Å². The maximum absolute atomic E-state index is 13.2. The zero-order valence-electron chi connectivity index (χ0n) is 19.4. The molecule has 32 heavy (non-hydrogen) atoms. The molecule has 0 radical (unpaired) electrons. The number of benzene rings is 2. The lowest BCUT2D eigenvalue weighted by Gasteiger charge is -2.37. The Hall–Kier alpha value is -3.08. The third-order valence-corrected chi connectivity index (χ3v) is 6.30. The molecule has 0 saturated carbocycles. The molecule has 0 saturated heterocycles. The van der Waals surface area contributed by atoms with E-state index >= 15 is 0 Å². The number of carbonyl (C=O) groups is 2. The molecule has 0 aliphatic carbocycles. The third-order valence-electron chi connectivity index (χ3n) is 6.30. The van der Waals surface area contributed by atoms with Gasteiger partial charge in [0.05, 0.1) is 19.2 Å². The zero-order chi connectivity index (χ0) is 22.9.